The topological polar surface area (TPSA) is 43.6 Å². The molecule has 4 nitrogen and oxygen atoms in total. The smallest absolute Gasteiger partial charge is 0.266 e. The molecule has 7 heteroatoms. The summed E-state index contributed by atoms with van der Waals surface area (Å²) in [5.41, 5.74) is 1.56. The molecule has 2 fully saturated rings. The molecule has 1 unspecified atom stereocenters. The Kier molecular flexibility index (Phi) is 7.22. The van der Waals surface area contributed by atoms with Crippen molar-refractivity contribution < 1.29 is 22.7 Å². The molecule has 177 valence electrons. The van der Waals surface area contributed by atoms with Gasteiger partial charge in [-0.3, -0.25) is 9.69 Å². The van der Waals surface area contributed by atoms with E-state index in [-0.39, 0.29) is 18.7 Å². The quantitative estimate of drug-likeness (QED) is 0.580. The van der Waals surface area contributed by atoms with Gasteiger partial charge < -0.3 is 4.74 Å². The van der Waals surface area contributed by atoms with Crippen molar-refractivity contribution in [2.75, 3.05) is 39.9 Å². The molecule has 2 aliphatic heterocycles. The molecule has 0 aliphatic carbocycles. The lowest BCUT2D eigenvalue weighted by molar-refractivity contribution is -0.0522. The lowest BCUT2D eigenvalue weighted by atomic mass is 9.67. The van der Waals surface area contributed by atoms with Crippen molar-refractivity contribution >= 4 is 5.78 Å². The largest absolute Gasteiger partial charge is 0.383 e. The highest BCUT2D eigenvalue weighted by Crippen LogP contribution is 2.47. The molecule has 1 radical (unpaired) electrons. The van der Waals surface area contributed by atoms with Crippen LogP contribution in [0.1, 0.15) is 33.8 Å². The van der Waals surface area contributed by atoms with Crippen LogP contribution in [0.15, 0.2) is 48.5 Å². The van der Waals surface area contributed by atoms with E-state index in [1.165, 1.54) is 6.07 Å². The van der Waals surface area contributed by atoms with Gasteiger partial charge in [-0.25, -0.2) is 18.5 Å². The van der Waals surface area contributed by atoms with Crippen molar-refractivity contribution in [2.45, 2.75) is 31.2 Å². The van der Waals surface area contributed by atoms with E-state index in [0.29, 0.717) is 42.9 Å². The van der Waals surface area contributed by atoms with Gasteiger partial charge in [0.15, 0.2) is 5.78 Å². The minimum absolute atomic E-state index is 0.0956. The van der Waals surface area contributed by atoms with Crippen molar-refractivity contribution in [1.29, 1.82) is 0 Å². The van der Waals surface area contributed by atoms with E-state index >= 15 is 0 Å². The van der Waals surface area contributed by atoms with Crippen LogP contribution in [0, 0.1) is 24.6 Å². The first-order valence-corrected chi connectivity index (χ1v) is 11.4. The Hall–Kier alpha value is -2.22. The Bertz CT molecular complexity index is 969. The fraction of sp³-hybridized carbons (Fsp3) is 0.500. The highest BCUT2D eigenvalue weighted by Gasteiger charge is 2.55. The highest BCUT2D eigenvalue weighted by molar-refractivity contribution is 5.98. The number of nitrogens with zero attached hydrogens (tertiary/aromatic N) is 2. The van der Waals surface area contributed by atoms with Gasteiger partial charge in [0.2, 0.25) is 0 Å². The monoisotopic (exact) mass is 459 g/mol. The number of halogens is 3. The lowest BCUT2D eigenvalue weighted by Crippen LogP contribution is -2.56. The molecule has 0 aromatic heterocycles. The average Bonchev–Trinajstić information content (AvgIpc) is 3.18. The van der Waals surface area contributed by atoms with Gasteiger partial charge in [-0.2, -0.15) is 0 Å². The molecule has 0 spiro atoms. The van der Waals surface area contributed by atoms with Crippen LogP contribution in [0.2, 0.25) is 0 Å². The number of ether oxygens (including phenoxy) is 1. The maximum atomic E-state index is 15.0. The second-order valence-corrected chi connectivity index (χ2v) is 9.09. The molecule has 2 saturated heterocycles. The number of piperidine rings is 1. The number of hydrogen-bond donors (Lipinski definition) is 0. The van der Waals surface area contributed by atoms with Gasteiger partial charge >= 0.3 is 0 Å². The van der Waals surface area contributed by atoms with Crippen LogP contribution in [0.5, 0.6) is 0 Å². The Morgan fingerprint density at radius 3 is 2.58 bits per heavy atom. The SMILES string of the molecule is COCCN1C[C@H](C(=O)c2ccccc2)[C@H](c2cccc(F)c2C)[C@@H](C2[N]CCC2(F)F)C1. The van der Waals surface area contributed by atoms with Crippen molar-refractivity contribution in [3.8, 4) is 0 Å². The van der Waals surface area contributed by atoms with Crippen LogP contribution in [0.3, 0.4) is 0 Å². The van der Waals surface area contributed by atoms with E-state index < -0.39 is 35.5 Å². The van der Waals surface area contributed by atoms with Crippen LogP contribution in [-0.2, 0) is 4.74 Å². The molecular weight excluding hydrogens is 429 g/mol. The van der Waals surface area contributed by atoms with Crippen LogP contribution in [0.4, 0.5) is 13.2 Å². The second kappa shape index (κ2) is 9.95. The summed E-state index contributed by atoms with van der Waals surface area (Å²) in [6.45, 7) is 3.46. The van der Waals surface area contributed by atoms with Gasteiger partial charge in [0.05, 0.1) is 12.6 Å². The van der Waals surface area contributed by atoms with Crippen LogP contribution in [-0.4, -0.2) is 62.5 Å². The van der Waals surface area contributed by atoms with Gasteiger partial charge in [-0.15, -0.1) is 0 Å². The maximum absolute atomic E-state index is 15.0. The highest BCUT2D eigenvalue weighted by atomic mass is 19.3. The summed E-state index contributed by atoms with van der Waals surface area (Å²) in [4.78, 5) is 15.8. The van der Waals surface area contributed by atoms with Gasteiger partial charge in [0, 0.05) is 63.0 Å². The van der Waals surface area contributed by atoms with Gasteiger partial charge in [0.25, 0.3) is 5.92 Å². The molecule has 2 aromatic rings. The number of carbonyl (C=O) groups excluding carboxylic acids is 1. The molecule has 2 aromatic carbocycles. The average molecular weight is 460 g/mol. The Morgan fingerprint density at radius 1 is 1.15 bits per heavy atom. The fourth-order valence-corrected chi connectivity index (χ4v) is 5.45. The van der Waals surface area contributed by atoms with E-state index in [1.807, 2.05) is 11.0 Å². The van der Waals surface area contributed by atoms with E-state index in [2.05, 4.69) is 5.32 Å². The number of alkyl halides is 2. The fourth-order valence-electron chi connectivity index (χ4n) is 5.45. The van der Waals surface area contributed by atoms with Gasteiger partial charge in [-0.05, 0) is 24.1 Å². The summed E-state index contributed by atoms with van der Waals surface area (Å²) in [5, 5.41) is 4.31. The molecule has 4 rings (SSSR count). The predicted molar refractivity (Wildman–Crippen MR) is 120 cm³/mol. The Labute approximate surface area is 193 Å². The number of carbonyl (C=O) groups is 1. The zero-order chi connectivity index (χ0) is 23.6. The zero-order valence-corrected chi connectivity index (χ0v) is 19.0. The second-order valence-electron chi connectivity index (χ2n) is 9.09. The van der Waals surface area contributed by atoms with E-state index in [0.717, 1.165) is 0 Å². The van der Waals surface area contributed by atoms with Crippen LogP contribution < -0.4 is 5.32 Å². The number of Topliss-reactive ketones (excluding diaryl/α,β-unsaturated/α-hetero) is 1. The molecule has 0 amide bonds. The summed E-state index contributed by atoms with van der Waals surface area (Å²) in [6.07, 6.45) is -0.293. The van der Waals surface area contributed by atoms with Crippen molar-refractivity contribution in [3.63, 3.8) is 0 Å². The Morgan fingerprint density at radius 2 is 1.91 bits per heavy atom. The van der Waals surface area contributed by atoms with Gasteiger partial charge in [0.1, 0.15) is 5.82 Å². The number of rotatable bonds is 7. The minimum atomic E-state index is -2.95. The maximum Gasteiger partial charge on any atom is 0.266 e. The third-order valence-electron chi connectivity index (χ3n) is 7.10. The third kappa shape index (κ3) is 4.86. The van der Waals surface area contributed by atoms with Crippen LogP contribution in [0.25, 0.3) is 0 Å². The first-order chi connectivity index (χ1) is 15.8. The summed E-state index contributed by atoms with van der Waals surface area (Å²) < 4.78 is 49.8. The summed E-state index contributed by atoms with van der Waals surface area (Å²) >= 11 is 0. The first kappa shape index (κ1) is 23.9. The molecule has 0 N–H and O–H groups in total. The predicted octanol–water partition coefficient (Wildman–Crippen LogP) is 4.31. The normalized spacial score (nSPS) is 27.5. The van der Waals surface area contributed by atoms with Crippen molar-refractivity contribution in [1.82, 2.24) is 10.2 Å². The number of likely N-dealkylation sites (tertiary alicyclic amines) is 1. The molecule has 2 aliphatic rings. The lowest BCUT2D eigenvalue weighted by Gasteiger charge is -2.46. The molecular formula is C26H30F3N2O2. The summed E-state index contributed by atoms with van der Waals surface area (Å²) in [7, 11) is 1.59. The first-order valence-electron chi connectivity index (χ1n) is 11.4. The Balaban J connectivity index is 1.82. The van der Waals surface area contributed by atoms with E-state index in [9.17, 15) is 18.0 Å². The molecule has 2 heterocycles. The number of methoxy groups -OCH3 is 1. The van der Waals surface area contributed by atoms with Gasteiger partial charge in [-0.1, -0.05) is 42.5 Å². The summed E-state index contributed by atoms with van der Waals surface area (Å²) in [5.74, 6) is -5.24. The summed E-state index contributed by atoms with van der Waals surface area (Å²) in [6, 6.07) is 12.4. The standard InChI is InChI=1S/C26H30F3N2O2/c1-17-19(9-6-10-22(17)27)23-20(24(32)18-7-4-3-5-8-18)15-31(13-14-33-2)16-21(23)25-26(28,29)11-12-30-25/h3-10,20-21,23,25H,11-16H2,1-2H3/t20-,21-,23-,25?/m0/s1. The molecule has 0 bridgehead atoms. The van der Waals surface area contributed by atoms with E-state index in [1.54, 1.807) is 50.4 Å². The minimum Gasteiger partial charge on any atom is -0.383 e. The van der Waals surface area contributed by atoms with Crippen molar-refractivity contribution in [3.05, 3.63) is 71.0 Å². The zero-order valence-electron chi connectivity index (χ0n) is 19.0. The third-order valence-corrected chi connectivity index (χ3v) is 7.10. The van der Waals surface area contributed by atoms with E-state index in [4.69, 9.17) is 4.74 Å². The number of ketones is 1. The number of benzene rings is 2. The van der Waals surface area contributed by atoms with Crippen molar-refractivity contribution in [2.24, 2.45) is 11.8 Å². The van der Waals surface area contributed by atoms with Crippen LogP contribution >= 0.6 is 0 Å². The molecule has 4 atom stereocenters. The number of hydrogen-bond acceptors (Lipinski definition) is 3. The molecule has 0 saturated carbocycles. The molecule has 33 heavy (non-hydrogen) atoms.